The van der Waals surface area contributed by atoms with Crippen LogP contribution in [0.4, 0.5) is 10.2 Å². The topological polar surface area (TPSA) is 64.9 Å². The van der Waals surface area contributed by atoms with Gasteiger partial charge in [0.05, 0.1) is 12.1 Å². The number of halogens is 1. The van der Waals surface area contributed by atoms with Crippen molar-refractivity contribution in [1.82, 2.24) is 19.5 Å². The van der Waals surface area contributed by atoms with Crippen LogP contribution < -0.4 is 5.32 Å². The number of ether oxygens (including phenoxy) is 1. The fraction of sp³-hybridized carbons (Fsp3) is 0.214. The summed E-state index contributed by atoms with van der Waals surface area (Å²) in [6.45, 7) is 1.15. The van der Waals surface area contributed by atoms with E-state index < -0.39 is 0 Å². The molecule has 1 N–H and O–H groups in total. The highest BCUT2D eigenvalue weighted by atomic mass is 19.1. The van der Waals surface area contributed by atoms with E-state index in [1.165, 1.54) is 12.1 Å². The molecular weight excluding hydrogens is 273 g/mol. The molecule has 0 bridgehead atoms. The molecule has 1 aromatic carbocycles. The summed E-state index contributed by atoms with van der Waals surface area (Å²) in [5.74, 6) is 0.742. The predicted octanol–water partition coefficient (Wildman–Crippen LogP) is 2.01. The Hall–Kier alpha value is -2.54. The third-order valence-electron chi connectivity index (χ3n) is 2.98. The molecule has 0 saturated heterocycles. The summed E-state index contributed by atoms with van der Waals surface area (Å²) < 4.78 is 20.1. The first-order valence-corrected chi connectivity index (χ1v) is 6.46. The van der Waals surface area contributed by atoms with Crippen LogP contribution in [0.5, 0.6) is 0 Å². The van der Waals surface area contributed by atoms with Gasteiger partial charge in [-0.25, -0.2) is 14.4 Å². The van der Waals surface area contributed by atoms with Crippen molar-refractivity contribution in [2.45, 2.75) is 0 Å². The largest absolute Gasteiger partial charge is 0.383 e. The number of aromatic nitrogens is 4. The quantitative estimate of drug-likeness (QED) is 0.727. The molecule has 21 heavy (non-hydrogen) atoms. The van der Waals surface area contributed by atoms with Crippen molar-refractivity contribution in [2.24, 2.45) is 0 Å². The van der Waals surface area contributed by atoms with Crippen LogP contribution in [0.15, 0.2) is 36.9 Å². The molecule has 0 fully saturated rings. The summed E-state index contributed by atoms with van der Waals surface area (Å²) in [6.07, 6.45) is 4.97. The number of nitrogens with zero attached hydrogens (tertiary/aromatic N) is 4. The van der Waals surface area contributed by atoms with Gasteiger partial charge in [0.15, 0.2) is 0 Å². The Balaban J connectivity index is 2.09. The Kier molecular flexibility index (Phi) is 3.74. The SMILES string of the molecule is COCCNc1nc(-n2ccnc2)nc2cc(F)ccc12. The third-order valence-corrected chi connectivity index (χ3v) is 2.98. The lowest BCUT2D eigenvalue weighted by Gasteiger charge is -2.10. The molecule has 0 aliphatic heterocycles. The molecule has 3 rings (SSSR count). The maximum absolute atomic E-state index is 13.4. The molecule has 0 amide bonds. The van der Waals surface area contributed by atoms with Crippen molar-refractivity contribution >= 4 is 16.7 Å². The summed E-state index contributed by atoms with van der Waals surface area (Å²) in [6, 6.07) is 4.44. The van der Waals surface area contributed by atoms with Gasteiger partial charge in [-0.05, 0) is 12.1 Å². The molecule has 0 radical (unpaired) electrons. The van der Waals surface area contributed by atoms with E-state index in [-0.39, 0.29) is 5.82 Å². The monoisotopic (exact) mass is 287 g/mol. The van der Waals surface area contributed by atoms with Crippen molar-refractivity contribution in [3.8, 4) is 5.95 Å². The highest BCUT2D eigenvalue weighted by Crippen LogP contribution is 2.22. The van der Waals surface area contributed by atoms with Crippen molar-refractivity contribution < 1.29 is 9.13 Å². The number of anilines is 1. The Labute approximate surface area is 120 Å². The summed E-state index contributed by atoms with van der Waals surface area (Å²) in [4.78, 5) is 12.8. The number of hydrogen-bond donors (Lipinski definition) is 1. The van der Waals surface area contributed by atoms with Crippen LogP contribution in [0.2, 0.25) is 0 Å². The summed E-state index contributed by atoms with van der Waals surface area (Å²) in [5.41, 5.74) is 0.536. The minimum absolute atomic E-state index is 0.333. The maximum atomic E-state index is 13.4. The first kappa shape index (κ1) is 13.4. The van der Waals surface area contributed by atoms with Crippen LogP contribution in [0.3, 0.4) is 0 Å². The summed E-state index contributed by atoms with van der Waals surface area (Å²) >= 11 is 0. The van der Waals surface area contributed by atoms with E-state index >= 15 is 0 Å². The first-order chi connectivity index (χ1) is 10.3. The highest BCUT2D eigenvalue weighted by Gasteiger charge is 2.09. The second-order valence-corrected chi connectivity index (χ2v) is 4.42. The molecule has 0 unspecified atom stereocenters. The number of fused-ring (bicyclic) bond motifs is 1. The van der Waals surface area contributed by atoms with Crippen LogP contribution in [0.1, 0.15) is 0 Å². The Bertz CT molecular complexity index is 744. The third kappa shape index (κ3) is 2.82. The van der Waals surface area contributed by atoms with Gasteiger partial charge in [-0.3, -0.25) is 4.57 Å². The van der Waals surface area contributed by atoms with Gasteiger partial charge >= 0.3 is 0 Å². The van der Waals surface area contributed by atoms with E-state index in [0.29, 0.717) is 30.4 Å². The molecule has 6 nitrogen and oxygen atoms in total. The van der Waals surface area contributed by atoms with Gasteiger partial charge in [-0.15, -0.1) is 0 Å². The average Bonchev–Trinajstić information content (AvgIpc) is 3.01. The minimum atomic E-state index is -0.333. The number of benzene rings is 1. The van der Waals surface area contributed by atoms with Gasteiger partial charge in [0, 0.05) is 37.5 Å². The zero-order chi connectivity index (χ0) is 14.7. The predicted molar refractivity (Wildman–Crippen MR) is 77.0 cm³/mol. The van der Waals surface area contributed by atoms with Gasteiger partial charge in [-0.2, -0.15) is 4.98 Å². The summed E-state index contributed by atoms with van der Waals surface area (Å²) in [7, 11) is 1.63. The van der Waals surface area contributed by atoms with E-state index in [0.717, 1.165) is 5.39 Å². The smallest absolute Gasteiger partial charge is 0.237 e. The molecule has 3 aromatic rings. The molecule has 0 aliphatic rings. The molecule has 2 aromatic heterocycles. The van der Waals surface area contributed by atoms with Gasteiger partial charge < -0.3 is 10.1 Å². The lowest BCUT2D eigenvalue weighted by Crippen LogP contribution is -2.11. The number of rotatable bonds is 5. The summed E-state index contributed by atoms with van der Waals surface area (Å²) in [5, 5.41) is 3.94. The van der Waals surface area contributed by atoms with Crippen molar-refractivity contribution in [3.05, 3.63) is 42.7 Å². The van der Waals surface area contributed by atoms with Crippen molar-refractivity contribution in [3.63, 3.8) is 0 Å². The van der Waals surface area contributed by atoms with E-state index in [1.807, 2.05) is 0 Å². The molecular formula is C14H14FN5O. The van der Waals surface area contributed by atoms with Crippen LogP contribution in [0, 0.1) is 5.82 Å². The van der Waals surface area contributed by atoms with Crippen molar-refractivity contribution in [2.75, 3.05) is 25.6 Å². The Morgan fingerprint density at radius 3 is 3.00 bits per heavy atom. The molecule has 0 spiro atoms. The number of nitrogens with one attached hydrogen (secondary N) is 1. The molecule has 0 atom stereocenters. The van der Waals surface area contributed by atoms with Gasteiger partial charge in [0.1, 0.15) is 18.0 Å². The fourth-order valence-corrected chi connectivity index (χ4v) is 1.99. The van der Waals surface area contributed by atoms with E-state index in [1.54, 1.807) is 36.5 Å². The molecule has 2 heterocycles. The Morgan fingerprint density at radius 1 is 1.33 bits per heavy atom. The standard InChI is InChI=1S/C14H14FN5O/c1-21-7-5-17-13-11-3-2-10(15)8-12(11)18-14(19-13)20-6-4-16-9-20/h2-4,6,8-9H,5,7H2,1H3,(H,17,18,19). The van der Waals surface area contributed by atoms with Gasteiger partial charge in [-0.1, -0.05) is 0 Å². The number of imidazole rings is 1. The average molecular weight is 287 g/mol. The zero-order valence-corrected chi connectivity index (χ0v) is 11.5. The molecule has 0 aliphatic carbocycles. The normalized spacial score (nSPS) is 11.0. The van der Waals surface area contributed by atoms with E-state index in [4.69, 9.17) is 4.74 Å². The van der Waals surface area contributed by atoms with Crippen LogP contribution >= 0.6 is 0 Å². The van der Waals surface area contributed by atoms with Gasteiger partial charge in [0.25, 0.3) is 0 Å². The maximum Gasteiger partial charge on any atom is 0.237 e. The lowest BCUT2D eigenvalue weighted by molar-refractivity contribution is 0.210. The fourth-order valence-electron chi connectivity index (χ4n) is 1.99. The Morgan fingerprint density at radius 2 is 2.24 bits per heavy atom. The second-order valence-electron chi connectivity index (χ2n) is 4.42. The molecule has 0 saturated carbocycles. The highest BCUT2D eigenvalue weighted by molar-refractivity contribution is 5.89. The van der Waals surface area contributed by atoms with E-state index in [9.17, 15) is 4.39 Å². The molecule has 108 valence electrons. The van der Waals surface area contributed by atoms with Gasteiger partial charge in [0.2, 0.25) is 5.95 Å². The minimum Gasteiger partial charge on any atom is -0.383 e. The molecule has 7 heteroatoms. The van der Waals surface area contributed by atoms with Crippen LogP contribution in [-0.4, -0.2) is 39.8 Å². The zero-order valence-electron chi connectivity index (χ0n) is 11.5. The van der Waals surface area contributed by atoms with Crippen LogP contribution in [0.25, 0.3) is 16.9 Å². The first-order valence-electron chi connectivity index (χ1n) is 6.46. The lowest BCUT2D eigenvalue weighted by atomic mass is 10.2. The second kappa shape index (κ2) is 5.84. The van der Waals surface area contributed by atoms with Crippen LogP contribution in [-0.2, 0) is 4.74 Å². The van der Waals surface area contributed by atoms with Crippen molar-refractivity contribution in [1.29, 1.82) is 0 Å². The number of methoxy groups -OCH3 is 1. The van der Waals surface area contributed by atoms with E-state index in [2.05, 4.69) is 20.3 Å². The number of hydrogen-bond acceptors (Lipinski definition) is 5.